The number of aryl methyl sites for hydroxylation is 1. The second-order valence-electron chi connectivity index (χ2n) is 4.62. The Morgan fingerprint density at radius 3 is 2.24 bits per heavy atom. The molecular weight excluding hydrogens is 276 g/mol. The molecule has 2 aromatic rings. The van der Waals surface area contributed by atoms with Crippen molar-refractivity contribution in [1.82, 2.24) is 0 Å². The van der Waals surface area contributed by atoms with Crippen molar-refractivity contribution in [3.05, 3.63) is 47.0 Å². The van der Waals surface area contributed by atoms with Crippen molar-refractivity contribution in [1.29, 1.82) is 0 Å². The summed E-state index contributed by atoms with van der Waals surface area (Å²) in [4.78, 5) is 0. The number of halogens is 2. The van der Waals surface area contributed by atoms with Crippen LogP contribution in [-0.4, -0.2) is 14.2 Å². The van der Waals surface area contributed by atoms with E-state index in [2.05, 4.69) is 0 Å². The van der Waals surface area contributed by atoms with E-state index in [1.165, 1.54) is 26.4 Å². The lowest BCUT2D eigenvalue weighted by Gasteiger charge is -2.16. The summed E-state index contributed by atoms with van der Waals surface area (Å²) in [5, 5.41) is 0. The maximum Gasteiger partial charge on any atom is 0.161 e. The summed E-state index contributed by atoms with van der Waals surface area (Å²) in [5.74, 6) is -0.378. The highest BCUT2D eigenvalue weighted by Gasteiger charge is 2.19. The van der Waals surface area contributed by atoms with Crippen LogP contribution in [0.25, 0.3) is 11.1 Å². The minimum absolute atomic E-state index is 0.101. The number of nitrogens with two attached hydrogens (primary N) is 1. The molecule has 3 nitrogen and oxygen atoms in total. The Morgan fingerprint density at radius 1 is 1.05 bits per heavy atom. The van der Waals surface area contributed by atoms with Gasteiger partial charge in [-0.1, -0.05) is 6.07 Å². The number of methoxy groups -OCH3 is 2. The highest BCUT2D eigenvalue weighted by atomic mass is 19.1. The Morgan fingerprint density at radius 2 is 1.67 bits per heavy atom. The molecule has 0 fully saturated rings. The van der Waals surface area contributed by atoms with E-state index in [4.69, 9.17) is 15.2 Å². The fourth-order valence-electron chi connectivity index (χ4n) is 2.23. The molecule has 2 rings (SSSR count). The van der Waals surface area contributed by atoms with Crippen molar-refractivity contribution in [2.24, 2.45) is 5.73 Å². The largest absolute Gasteiger partial charge is 0.493 e. The molecule has 0 amide bonds. The summed E-state index contributed by atoms with van der Waals surface area (Å²) < 4.78 is 38.8. The summed E-state index contributed by atoms with van der Waals surface area (Å²) in [6.07, 6.45) is 0. The second kappa shape index (κ2) is 6.10. The monoisotopic (exact) mass is 293 g/mol. The van der Waals surface area contributed by atoms with Gasteiger partial charge in [0.15, 0.2) is 11.5 Å². The first-order valence-electron chi connectivity index (χ1n) is 6.43. The molecule has 0 aliphatic heterocycles. The van der Waals surface area contributed by atoms with Gasteiger partial charge in [0.2, 0.25) is 0 Å². The topological polar surface area (TPSA) is 44.5 Å². The molecule has 0 radical (unpaired) electrons. The zero-order valence-electron chi connectivity index (χ0n) is 12.2. The average Bonchev–Trinajstić information content (AvgIpc) is 2.50. The first kappa shape index (κ1) is 15.3. The highest BCUT2D eigenvalue weighted by Crippen LogP contribution is 2.38. The maximum atomic E-state index is 14.3. The molecule has 0 aliphatic rings. The first-order valence-corrected chi connectivity index (χ1v) is 6.43. The van der Waals surface area contributed by atoms with E-state index in [0.717, 1.165) is 0 Å². The van der Waals surface area contributed by atoms with Crippen molar-refractivity contribution in [3.63, 3.8) is 0 Å². The van der Waals surface area contributed by atoms with E-state index in [-0.39, 0.29) is 12.1 Å². The fourth-order valence-corrected chi connectivity index (χ4v) is 2.23. The van der Waals surface area contributed by atoms with Crippen LogP contribution in [0, 0.1) is 18.6 Å². The molecule has 0 heterocycles. The molecule has 0 saturated carbocycles. The summed E-state index contributed by atoms with van der Waals surface area (Å²) in [6, 6.07) is 5.82. The minimum Gasteiger partial charge on any atom is -0.493 e. The van der Waals surface area contributed by atoms with Gasteiger partial charge in [0.25, 0.3) is 0 Å². The molecular formula is C16H17F2NO2. The Kier molecular flexibility index (Phi) is 4.43. The summed E-state index contributed by atoms with van der Waals surface area (Å²) in [5.41, 5.74) is 6.91. The van der Waals surface area contributed by atoms with Crippen LogP contribution in [0.1, 0.15) is 11.1 Å². The third-order valence-corrected chi connectivity index (χ3v) is 3.38. The van der Waals surface area contributed by atoms with Gasteiger partial charge in [-0.15, -0.1) is 0 Å². The third kappa shape index (κ3) is 2.69. The Hall–Kier alpha value is -2.14. The van der Waals surface area contributed by atoms with Gasteiger partial charge in [0.05, 0.1) is 19.8 Å². The molecule has 0 spiro atoms. The van der Waals surface area contributed by atoms with Crippen LogP contribution < -0.4 is 15.2 Å². The van der Waals surface area contributed by atoms with Crippen LogP contribution in [0.3, 0.4) is 0 Å². The molecule has 0 aliphatic carbocycles. The molecule has 112 valence electrons. The average molecular weight is 293 g/mol. The number of benzene rings is 2. The highest BCUT2D eigenvalue weighted by molar-refractivity contribution is 5.73. The first-order chi connectivity index (χ1) is 10.0. The molecule has 0 aromatic heterocycles. The fraction of sp³-hybridized carbons (Fsp3) is 0.250. The zero-order chi connectivity index (χ0) is 15.6. The lowest BCUT2D eigenvalue weighted by atomic mass is 9.96. The van der Waals surface area contributed by atoms with Crippen LogP contribution in [0.5, 0.6) is 11.5 Å². The quantitative estimate of drug-likeness (QED) is 0.939. The van der Waals surface area contributed by atoms with Gasteiger partial charge in [-0.2, -0.15) is 0 Å². The van der Waals surface area contributed by atoms with Gasteiger partial charge in [-0.3, -0.25) is 0 Å². The molecule has 2 aromatic carbocycles. The van der Waals surface area contributed by atoms with Gasteiger partial charge in [0, 0.05) is 6.54 Å². The summed E-state index contributed by atoms with van der Waals surface area (Å²) in [7, 11) is 2.96. The lowest BCUT2D eigenvalue weighted by molar-refractivity contribution is 0.354. The SMILES string of the molecule is COc1cc(CN)c(-c2c(F)ccc(C)c2F)cc1OC. The van der Waals surface area contributed by atoms with Crippen molar-refractivity contribution in [2.75, 3.05) is 14.2 Å². The van der Waals surface area contributed by atoms with Crippen molar-refractivity contribution >= 4 is 0 Å². The van der Waals surface area contributed by atoms with Gasteiger partial charge in [0.1, 0.15) is 11.6 Å². The second-order valence-corrected chi connectivity index (χ2v) is 4.62. The number of rotatable bonds is 4. The van der Waals surface area contributed by atoms with E-state index < -0.39 is 11.6 Å². The Labute approximate surface area is 122 Å². The van der Waals surface area contributed by atoms with Gasteiger partial charge >= 0.3 is 0 Å². The lowest BCUT2D eigenvalue weighted by Crippen LogP contribution is -2.04. The number of hydrogen-bond acceptors (Lipinski definition) is 3. The van der Waals surface area contributed by atoms with Gasteiger partial charge < -0.3 is 15.2 Å². The summed E-state index contributed by atoms with van der Waals surface area (Å²) in [6.45, 7) is 1.71. The maximum absolute atomic E-state index is 14.3. The Bertz CT molecular complexity index is 672. The van der Waals surface area contributed by atoms with E-state index in [9.17, 15) is 8.78 Å². The molecule has 0 bridgehead atoms. The number of hydrogen-bond donors (Lipinski definition) is 1. The summed E-state index contributed by atoms with van der Waals surface area (Å²) >= 11 is 0. The number of ether oxygens (including phenoxy) is 2. The Balaban J connectivity index is 2.77. The normalized spacial score (nSPS) is 10.6. The molecule has 0 unspecified atom stereocenters. The van der Waals surface area contributed by atoms with Crippen molar-refractivity contribution < 1.29 is 18.3 Å². The van der Waals surface area contributed by atoms with E-state index in [1.54, 1.807) is 19.1 Å². The van der Waals surface area contributed by atoms with E-state index >= 15 is 0 Å². The van der Waals surface area contributed by atoms with Crippen LogP contribution in [-0.2, 0) is 6.54 Å². The van der Waals surface area contributed by atoms with Crippen LogP contribution >= 0.6 is 0 Å². The van der Waals surface area contributed by atoms with E-state index in [0.29, 0.717) is 28.2 Å². The van der Waals surface area contributed by atoms with Crippen LogP contribution in [0.15, 0.2) is 24.3 Å². The smallest absolute Gasteiger partial charge is 0.161 e. The zero-order valence-corrected chi connectivity index (χ0v) is 12.2. The molecule has 0 saturated heterocycles. The van der Waals surface area contributed by atoms with Crippen molar-refractivity contribution in [3.8, 4) is 22.6 Å². The van der Waals surface area contributed by atoms with Gasteiger partial charge in [-0.05, 0) is 41.8 Å². The predicted octanol–water partition coefficient (Wildman–Crippen LogP) is 3.42. The molecule has 21 heavy (non-hydrogen) atoms. The standard InChI is InChI=1S/C16H17F2NO2/c1-9-4-5-12(17)15(16(9)18)11-7-14(21-3)13(20-2)6-10(11)8-19/h4-7H,8,19H2,1-3H3. The van der Waals surface area contributed by atoms with Gasteiger partial charge in [-0.25, -0.2) is 8.78 Å². The third-order valence-electron chi connectivity index (χ3n) is 3.38. The molecule has 0 atom stereocenters. The van der Waals surface area contributed by atoms with Crippen LogP contribution in [0.4, 0.5) is 8.78 Å². The molecule has 5 heteroatoms. The van der Waals surface area contributed by atoms with Crippen LogP contribution in [0.2, 0.25) is 0 Å². The predicted molar refractivity (Wildman–Crippen MR) is 77.5 cm³/mol. The van der Waals surface area contributed by atoms with E-state index in [1.807, 2.05) is 0 Å². The molecule has 2 N–H and O–H groups in total. The minimum atomic E-state index is -0.639. The van der Waals surface area contributed by atoms with Crippen molar-refractivity contribution in [2.45, 2.75) is 13.5 Å².